The molecule has 0 aliphatic rings. The molecule has 1 rings (SSSR count). The van der Waals surface area contributed by atoms with E-state index in [4.69, 9.17) is 21.4 Å². The highest BCUT2D eigenvalue weighted by atomic mass is 35.5. The highest BCUT2D eigenvalue weighted by Crippen LogP contribution is 2.19. The first kappa shape index (κ1) is 18.2. The predicted molar refractivity (Wildman–Crippen MR) is 79.3 cm³/mol. The molecule has 122 valence electrons. The second-order valence-electron chi connectivity index (χ2n) is 4.53. The van der Waals surface area contributed by atoms with Gasteiger partial charge in [0.05, 0.1) is 13.0 Å². The van der Waals surface area contributed by atoms with E-state index in [-0.39, 0.29) is 24.5 Å². The van der Waals surface area contributed by atoms with Gasteiger partial charge >= 0.3 is 12.0 Å². The van der Waals surface area contributed by atoms with Crippen molar-refractivity contribution in [3.05, 3.63) is 34.6 Å². The zero-order chi connectivity index (χ0) is 16.5. The van der Waals surface area contributed by atoms with Gasteiger partial charge in [0.15, 0.2) is 0 Å². The summed E-state index contributed by atoms with van der Waals surface area (Å²) in [5, 5.41) is 11.3. The number of carboxylic acid groups (broad SMARTS) is 1. The molecule has 1 aromatic rings. The summed E-state index contributed by atoms with van der Waals surface area (Å²) in [6.45, 7) is 0.796. The Labute approximate surface area is 132 Å². The Balaban J connectivity index is 2.70. The smallest absolute Gasteiger partial charge is 0.317 e. The standard InChI is InChI=1S/C14H18ClFN2O4/c1-22-7-6-18(14(21)17-5-4-13(19)20)9-10-2-3-11(16)8-12(10)15/h2-3,8H,4-7,9H2,1H3,(H,17,21)(H,19,20). The molecule has 0 aliphatic heterocycles. The Morgan fingerprint density at radius 2 is 2.18 bits per heavy atom. The van der Waals surface area contributed by atoms with E-state index in [1.807, 2.05) is 0 Å². The van der Waals surface area contributed by atoms with Gasteiger partial charge in [-0.15, -0.1) is 0 Å². The lowest BCUT2D eigenvalue weighted by Crippen LogP contribution is -2.42. The lowest BCUT2D eigenvalue weighted by atomic mass is 10.2. The van der Waals surface area contributed by atoms with Gasteiger partial charge in [-0.1, -0.05) is 17.7 Å². The average Bonchev–Trinajstić information content (AvgIpc) is 2.45. The molecule has 0 atom stereocenters. The van der Waals surface area contributed by atoms with Crippen LogP contribution in [0.25, 0.3) is 0 Å². The molecule has 0 radical (unpaired) electrons. The van der Waals surface area contributed by atoms with Gasteiger partial charge in [-0.05, 0) is 17.7 Å². The molecule has 0 aromatic heterocycles. The van der Waals surface area contributed by atoms with Crippen LogP contribution in [0.4, 0.5) is 9.18 Å². The molecule has 0 fully saturated rings. The molecule has 0 heterocycles. The van der Waals surface area contributed by atoms with Crippen molar-refractivity contribution in [1.29, 1.82) is 0 Å². The second-order valence-corrected chi connectivity index (χ2v) is 4.93. The maximum absolute atomic E-state index is 13.0. The third kappa shape index (κ3) is 6.28. The SMILES string of the molecule is COCCN(Cc1ccc(F)cc1Cl)C(=O)NCCC(=O)O. The van der Waals surface area contributed by atoms with Gasteiger partial charge in [0, 0.05) is 31.8 Å². The van der Waals surface area contributed by atoms with E-state index in [2.05, 4.69) is 5.32 Å². The Bertz CT molecular complexity index is 528. The fourth-order valence-electron chi connectivity index (χ4n) is 1.70. The number of hydrogen-bond donors (Lipinski definition) is 2. The molecule has 0 saturated carbocycles. The van der Waals surface area contributed by atoms with Crippen LogP contribution in [-0.2, 0) is 16.1 Å². The molecule has 0 bridgehead atoms. The summed E-state index contributed by atoms with van der Waals surface area (Å²) in [6.07, 6.45) is -0.166. The number of rotatable bonds is 8. The maximum Gasteiger partial charge on any atom is 0.317 e. The van der Waals surface area contributed by atoms with Crippen LogP contribution in [0.1, 0.15) is 12.0 Å². The number of aliphatic carboxylic acids is 1. The van der Waals surface area contributed by atoms with E-state index in [0.29, 0.717) is 18.7 Å². The highest BCUT2D eigenvalue weighted by Gasteiger charge is 2.15. The maximum atomic E-state index is 13.0. The molecular weight excluding hydrogens is 315 g/mol. The number of nitrogens with one attached hydrogen (secondary N) is 1. The van der Waals surface area contributed by atoms with E-state index in [1.165, 1.54) is 30.2 Å². The molecule has 8 heteroatoms. The molecular formula is C14H18ClFN2O4. The van der Waals surface area contributed by atoms with Crippen LogP contribution in [0.5, 0.6) is 0 Å². The van der Waals surface area contributed by atoms with Crippen molar-refractivity contribution in [1.82, 2.24) is 10.2 Å². The Hall–Kier alpha value is -1.86. The van der Waals surface area contributed by atoms with Crippen molar-refractivity contribution >= 4 is 23.6 Å². The number of nitrogens with zero attached hydrogens (tertiary/aromatic N) is 1. The summed E-state index contributed by atoms with van der Waals surface area (Å²) in [5.41, 5.74) is 0.590. The Morgan fingerprint density at radius 3 is 2.77 bits per heavy atom. The summed E-state index contributed by atoms with van der Waals surface area (Å²) < 4.78 is 18.0. The fraction of sp³-hybridized carbons (Fsp3) is 0.429. The van der Waals surface area contributed by atoms with Crippen LogP contribution in [0.3, 0.4) is 0 Å². The Kier molecular flexibility index (Phi) is 7.62. The van der Waals surface area contributed by atoms with Crippen molar-refractivity contribution in [3.8, 4) is 0 Å². The quantitative estimate of drug-likeness (QED) is 0.764. The summed E-state index contributed by atoms with van der Waals surface area (Å²) in [7, 11) is 1.51. The van der Waals surface area contributed by atoms with Crippen LogP contribution < -0.4 is 5.32 Å². The first-order valence-electron chi connectivity index (χ1n) is 6.61. The lowest BCUT2D eigenvalue weighted by Gasteiger charge is -2.23. The largest absolute Gasteiger partial charge is 0.481 e. The third-order valence-corrected chi connectivity index (χ3v) is 3.20. The normalized spacial score (nSPS) is 10.3. The number of carboxylic acids is 1. The van der Waals surface area contributed by atoms with Gasteiger partial charge in [-0.2, -0.15) is 0 Å². The van der Waals surface area contributed by atoms with Crippen LogP contribution in [-0.4, -0.2) is 48.8 Å². The average molecular weight is 333 g/mol. The first-order valence-corrected chi connectivity index (χ1v) is 6.99. The summed E-state index contributed by atoms with van der Waals surface area (Å²) in [6, 6.07) is 3.51. The fourth-order valence-corrected chi connectivity index (χ4v) is 1.92. The van der Waals surface area contributed by atoms with E-state index < -0.39 is 17.8 Å². The van der Waals surface area contributed by atoms with E-state index >= 15 is 0 Å². The second kappa shape index (κ2) is 9.22. The number of urea groups is 1. The molecule has 2 amide bonds. The minimum Gasteiger partial charge on any atom is -0.481 e. The van der Waals surface area contributed by atoms with Crippen molar-refractivity contribution < 1.29 is 23.8 Å². The highest BCUT2D eigenvalue weighted by molar-refractivity contribution is 6.31. The zero-order valence-electron chi connectivity index (χ0n) is 12.1. The van der Waals surface area contributed by atoms with Gasteiger partial charge < -0.3 is 20.1 Å². The van der Waals surface area contributed by atoms with Gasteiger partial charge in [-0.25, -0.2) is 9.18 Å². The van der Waals surface area contributed by atoms with Gasteiger partial charge in [0.2, 0.25) is 0 Å². The van der Waals surface area contributed by atoms with Crippen molar-refractivity contribution in [2.45, 2.75) is 13.0 Å². The predicted octanol–water partition coefficient (Wildman–Crippen LogP) is 2.11. The van der Waals surface area contributed by atoms with E-state index in [1.54, 1.807) is 0 Å². The molecule has 0 unspecified atom stereocenters. The monoisotopic (exact) mass is 332 g/mol. The van der Waals surface area contributed by atoms with E-state index in [0.717, 1.165) is 0 Å². The lowest BCUT2D eigenvalue weighted by molar-refractivity contribution is -0.136. The minimum absolute atomic E-state index is 0.0226. The Morgan fingerprint density at radius 1 is 1.45 bits per heavy atom. The molecule has 0 aliphatic carbocycles. The molecule has 2 N–H and O–H groups in total. The third-order valence-electron chi connectivity index (χ3n) is 2.84. The van der Waals surface area contributed by atoms with Crippen LogP contribution >= 0.6 is 11.6 Å². The van der Waals surface area contributed by atoms with Crippen LogP contribution in [0.15, 0.2) is 18.2 Å². The van der Waals surface area contributed by atoms with Crippen molar-refractivity contribution in [2.75, 3.05) is 26.8 Å². The topological polar surface area (TPSA) is 78.9 Å². The number of methoxy groups -OCH3 is 1. The summed E-state index contributed by atoms with van der Waals surface area (Å²) >= 11 is 5.95. The number of ether oxygens (including phenoxy) is 1. The van der Waals surface area contributed by atoms with Crippen LogP contribution in [0.2, 0.25) is 5.02 Å². The zero-order valence-corrected chi connectivity index (χ0v) is 12.9. The number of carbonyl (C=O) groups is 2. The van der Waals surface area contributed by atoms with Crippen LogP contribution in [0, 0.1) is 5.82 Å². The van der Waals surface area contributed by atoms with Gasteiger partial charge in [-0.3, -0.25) is 4.79 Å². The molecule has 6 nitrogen and oxygen atoms in total. The summed E-state index contributed by atoms with van der Waals surface area (Å²) in [5.74, 6) is -1.45. The molecule has 22 heavy (non-hydrogen) atoms. The van der Waals surface area contributed by atoms with Gasteiger partial charge in [0.1, 0.15) is 5.82 Å². The molecule has 0 spiro atoms. The van der Waals surface area contributed by atoms with E-state index in [9.17, 15) is 14.0 Å². The number of amides is 2. The number of benzene rings is 1. The first-order chi connectivity index (χ1) is 10.4. The van der Waals surface area contributed by atoms with Gasteiger partial charge in [0.25, 0.3) is 0 Å². The summed E-state index contributed by atoms with van der Waals surface area (Å²) in [4.78, 5) is 23.9. The van der Waals surface area contributed by atoms with Crippen molar-refractivity contribution in [3.63, 3.8) is 0 Å². The van der Waals surface area contributed by atoms with Crippen molar-refractivity contribution in [2.24, 2.45) is 0 Å². The molecule has 0 saturated heterocycles. The number of hydrogen-bond acceptors (Lipinski definition) is 3. The number of halogens is 2. The number of carbonyl (C=O) groups excluding carboxylic acids is 1. The molecule has 1 aromatic carbocycles. The minimum atomic E-state index is -0.995.